The van der Waals surface area contributed by atoms with Crippen molar-refractivity contribution in [2.24, 2.45) is 7.05 Å². The van der Waals surface area contributed by atoms with Crippen molar-refractivity contribution in [1.82, 2.24) is 19.4 Å². The van der Waals surface area contributed by atoms with Crippen molar-refractivity contribution in [2.75, 3.05) is 11.9 Å². The van der Waals surface area contributed by atoms with Gasteiger partial charge in [-0.1, -0.05) is 0 Å². The van der Waals surface area contributed by atoms with Gasteiger partial charge < -0.3 is 19.8 Å². The van der Waals surface area contributed by atoms with Crippen molar-refractivity contribution >= 4 is 16.6 Å². The smallest absolute Gasteiger partial charge is 0.257 e. The van der Waals surface area contributed by atoms with Gasteiger partial charge in [-0.15, -0.1) is 0 Å². The molecule has 6 nitrogen and oxygen atoms in total. The average Bonchev–Trinajstić information content (AvgIpc) is 3.25. The van der Waals surface area contributed by atoms with Crippen molar-refractivity contribution < 1.29 is 8.78 Å². The van der Waals surface area contributed by atoms with Gasteiger partial charge in [-0.25, -0.2) is 13.8 Å². The fourth-order valence-electron chi connectivity index (χ4n) is 4.13. The quantitative estimate of drug-likeness (QED) is 0.645. The maximum absolute atomic E-state index is 13.1. The maximum atomic E-state index is 13.1. The van der Waals surface area contributed by atoms with Gasteiger partial charge in [0.2, 0.25) is 0 Å². The highest BCUT2D eigenvalue weighted by atomic mass is 19.3. The number of aromatic nitrogens is 3. The molecule has 8 heteroatoms. The van der Waals surface area contributed by atoms with Gasteiger partial charge in [0.1, 0.15) is 0 Å². The molecule has 1 fully saturated rings. The number of fused-ring (bicyclic) bond motifs is 1. The monoisotopic (exact) mass is 415 g/mol. The van der Waals surface area contributed by atoms with Crippen molar-refractivity contribution in [3.63, 3.8) is 0 Å². The standard InChI is InChI=1S/C22H27F2N5O/c1-22(23,24)13-26-15-3-5-16(6-4-15)27-19-12-21(30)28(2)20-8-7-17(11-18(19)20)29-10-9-25-14-29/h7-12,14-16,26-27H,3-6,13H2,1-2H3/t15-,16-. The molecular weight excluding hydrogens is 388 g/mol. The predicted octanol–water partition coefficient (Wildman–Crippen LogP) is 3.69. The number of nitrogens with one attached hydrogen (secondary N) is 2. The Morgan fingerprint density at radius 1 is 1.17 bits per heavy atom. The molecule has 0 aliphatic heterocycles. The topological polar surface area (TPSA) is 63.9 Å². The van der Waals surface area contributed by atoms with Crippen LogP contribution in [0.3, 0.4) is 0 Å². The number of rotatable bonds is 6. The van der Waals surface area contributed by atoms with E-state index < -0.39 is 5.92 Å². The van der Waals surface area contributed by atoms with E-state index in [0.717, 1.165) is 54.9 Å². The van der Waals surface area contributed by atoms with Gasteiger partial charge in [0, 0.05) is 61.3 Å². The zero-order valence-corrected chi connectivity index (χ0v) is 17.2. The highest BCUT2D eigenvalue weighted by Gasteiger charge is 2.26. The van der Waals surface area contributed by atoms with Crippen LogP contribution in [0.15, 0.2) is 47.8 Å². The fourth-order valence-corrected chi connectivity index (χ4v) is 4.13. The number of alkyl halides is 2. The Hall–Kier alpha value is -2.74. The summed E-state index contributed by atoms with van der Waals surface area (Å²) in [6.07, 6.45) is 8.74. The molecule has 0 atom stereocenters. The average molecular weight is 415 g/mol. The Bertz CT molecular complexity index is 1060. The highest BCUT2D eigenvalue weighted by Crippen LogP contribution is 2.28. The highest BCUT2D eigenvalue weighted by molar-refractivity contribution is 5.93. The Balaban J connectivity index is 1.53. The minimum absolute atomic E-state index is 0.0686. The molecule has 0 spiro atoms. The first-order valence-electron chi connectivity index (χ1n) is 10.3. The normalized spacial score (nSPS) is 19.9. The second-order valence-corrected chi connectivity index (χ2v) is 8.27. The van der Waals surface area contributed by atoms with Crippen molar-refractivity contribution in [3.8, 4) is 5.69 Å². The summed E-state index contributed by atoms with van der Waals surface area (Å²) in [5.74, 6) is -2.69. The molecule has 1 aromatic carbocycles. The van der Waals surface area contributed by atoms with E-state index in [2.05, 4.69) is 21.7 Å². The number of imidazole rings is 1. The van der Waals surface area contributed by atoms with E-state index in [1.807, 2.05) is 22.9 Å². The lowest BCUT2D eigenvalue weighted by Gasteiger charge is -2.31. The number of hydrogen-bond donors (Lipinski definition) is 2. The molecule has 2 heterocycles. The van der Waals surface area contributed by atoms with Crippen LogP contribution in [0.25, 0.3) is 16.6 Å². The van der Waals surface area contributed by atoms with Crippen LogP contribution in [0.2, 0.25) is 0 Å². The van der Waals surface area contributed by atoms with E-state index >= 15 is 0 Å². The van der Waals surface area contributed by atoms with Gasteiger partial charge in [0.25, 0.3) is 11.5 Å². The lowest BCUT2D eigenvalue weighted by Crippen LogP contribution is -2.41. The third-order valence-electron chi connectivity index (χ3n) is 5.82. The van der Waals surface area contributed by atoms with Gasteiger partial charge >= 0.3 is 0 Å². The zero-order valence-electron chi connectivity index (χ0n) is 17.2. The van der Waals surface area contributed by atoms with Crippen molar-refractivity contribution in [1.29, 1.82) is 0 Å². The van der Waals surface area contributed by atoms with Crippen molar-refractivity contribution in [2.45, 2.75) is 50.6 Å². The van der Waals surface area contributed by atoms with Crippen LogP contribution < -0.4 is 16.2 Å². The summed E-state index contributed by atoms with van der Waals surface area (Å²) in [7, 11) is 1.77. The van der Waals surface area contributed by atoms with Gasteiger partial charge in [0.05, 0.1) is 18.4 Å². The molecule has 0 bridgehead atoms. The Labute approximate surface area is 173 Å². The molecule has 2 N–H and O–H groups in total. The molecule has 3 aromatic rings. The first kappa shape index (κ1) is 20.5. The van der Waals surface area contributed by atoms with Gasteiger partial charge in [-0.05, 0) is 43.9 Å². The summed E-state index contributed by atoms with van der Waals surface area (Å²) in [6, 6.07) is 7.92. The molecule has 1 aliphatic carbocycles. The third kappa shape index (κ3) is 4.53. The number of anilines is 1. The van der Waals surface area contributed by atoms with Crippen molar-refractivity contribution in [3.05, 3.63) is 53.3 Å². The lowest BCUT2D eigenvalue weighted by atomic mass is 9.90. The van der Waals surface area contributed by atoms with Gasteiger partial charge in [0.15, 0.2) is 0 Å². The molecule has 1 aliphatic rings. The summed E-state index contributed by atoms with van der Waals surface area (Å²) in [5.41, 5.74) is 2.57. The van der Waals surface area contributed by atoms with Crippen LogP contribution in [0.5, 0.6) is 0 Å². The number of benzene rings is 1. The molecule has 160 valence electrons. The molecule has 0 saturated heterocycles. The van der Waals surface area contributed by atoms with Crippen LogP contribution in [0.1, 0.15) is 32.6 Å². The number of aryl methyl sites for hydroxylation is 1. The van der Waals surface area contributed by atoms with Crippen LogP contribution in [-0.2, 0) is 7.05 Å². The molecule has 0 unspecified atom stereocenters. The van der Waals surface area contributed by atoms with Gasteiger partial charge in [-0.3, -0.25) is 4.79 Å². The lowest BCUT2D eigenvalue weighted by molar-refractivity contribution is 0.0186. The molecule has 30 heavy (non-hydrogen) atoms. The minimum atomic E-state index is -2.69. The Morgan fingerprint density at radius 2 is 1.90 bits per heavy atom. The minimum Gasteiger partial charge on any atom is -0.382 e. The molecule has 0 radical (unpaired) electrons. The molecule has 0 amide bonds. The molecule has 2 aromatic heterocycles. The SMILES string of the molecule is Cn1c(=O)cc(N[C@H]2CC[C@H](NCC(C)(F)F)CC2)c2cc(-n3ccnc3)ccc21. The van der Waals surface area contributed by atoms with E-state index in [4.69, 9.17) is 0 Å². The number of hydrogen-bond acceptors (Lipinski definition) is 4. The maximum Gasteiger partial charge on any atom is 0.257 e. The summed E-state index contributed by atoms with van der Waals surface area (Å²) in [6.45, 7) is 0.651. The molecular formula is C22H27F2N5O. The fraction of sp³-hybridized carbons (Fsp3) is 0.455. The molecule has 1 saturated carbocycles. The largest absolute Gasteiger partial charge is 0.382 e. The summed E-state index contributed by atoms with van der Waals surface area (Å²) < 4.78 is 29.7. The van der Waals surface area contributed by atoms with Crippen LogP contribution in [0.4, 0.5) is 14.5 Å². The third-order valence-corrected chi connectivity index (χ3v) is 5.82. The Kier molecular flexibility index (Phi) is 5.60. The summed E-state index contributed by atoms with van der Waals surface area (Å²) in [4.78, 5) is 16.6. The number of pyridine rings is 1. The summed E-state index contributed by atoms with van der Waals surface area (Å²) >= 11 is 0. The van der Waals surface area contributed by atoms with Crippen LogP contribution in [-0.4, -0.2) is 38.7 Å². The molecule has 4 rings (SSSR count). The van der Waals surface area contributed by atoms with Crippen LogP contribution in [0, 0.1) is 0 Å². The second kappa shape index (κ2) is 8.18. The van der Waals surface area contributed by atoms with E-state index in [9.17, 15) is 13.6 Å². The summed E-state index contributed by atoms with van der Waals surface area (Å²) in [5, 5.41) is 7.49. The second-order valence-electron chi connectivity index (χ2n) is 8.27. The van der Waals surface area contributed by atoms with E-state index in [-0.39, 0.29) is 24.2 Å². The van der Waals surface area contributed by atoms with E-state index in [1.54, 1.807) is 30.2 Å². The number of halogens is 2. The van der Waals surface area contributed by atoms with E-state index in [1.165, 1.54) is 0 Å². The predicted molar refractivity (Wildman–Crippen MR) is 115 cm³/mol. The van der Waals surface area contributed by atoms with E-state index in [0.29, 0.717) is 0 Å². The first-order valence-corrected chi connectivity index (χ1v) is 10.3. The van der Waals surface area contributed by atoms with Gasteiger partial charge in [-0.2, -0.15) is 0 Å². The van der Waals surface area contributed by atoms with Crippen LogP contribution >= 0.6 is 0 Å². The first-order chi connectivity index (χ1) is 14.3. The Morgan fingerprint density at radius 3 is 2.57 bits per heavy atom. The number of nitrogens with zero attached hydrogens (tertiary/aromatic N) is 3. The zero-order chi connectivity index (χ0) is 21.3.